The van der Waals surface area contributed by atoms with Crippen molar-refractivity contribution >= 4 is 27.8 Å². The zero-order valence-electron chi connectivity index (χ0n) is 12.0. The number of hydrogen-bond acceptors (Lipinski definition) is 7. The maximum Gasteiger partial charge on any atom is 0.255 e. The van der Waals surface area contributed by atoms with Crippen LogP contribution >= 0.6 is 15.9 Å². The minimum Gasteiger partial charge on any atom is -0.493 e. The molecule has 9 nitrogen and oxygen atoms in total. The van der Waals surface area contributed by atoms with Gasteiger partial charge in [-0.15, -0.1) is 0 Å². The molecule has 0 spiro atoms. The number of aromatic nitrogens is 4. The molecule has 0 unspecified atom stereocenters. The van der Waals surface area contributed by atoms with Gasteiger partial charge in [-0.1, -0.05) is 5.10 Å². The molecule has 0 atom stereocenters. The zero-order valence-corrected chi connectivity index (χ0v) is 13.6. The number of nitrogens with zero attached hydrogens (tertiary/aromatic N) is 4. The fraction of sp³-hybridized carbons (Fsp3) is 0.333. The van der Waals surface area contributed by atoms with Crippen LogP contribution in [0.4, 0.5) is 5.95 Å². The maximum absolute atomic E-state index is 10.8. The van der Waals surface area contributed by atoms with Crippen LogP contribution in [-0.2, 0) is 18.4 Å². The van der Waals surface area contributed by atoms with E-state index in [0.717, 1.165) is 5.56 Å². The lowest BCUT2D eigenvalue weighted by atomic mass is 10.2. The predicted octanol–water partition coefficient (Wildman–Crippen LogP) is 0.457. The van der Waals surface area contributed by atoms with Crippen LogP contribution < -0.4 is 20.5 Å². The summed E-state index contributed by atoms with van der Waals surface area (Å²) < 4.78 is 12.8. The number of hydrogen-bond donors (Lipinski definition) is 2. The first-order valence-electron chi connectivity index (χ1n) is 6.25. The number of aryl methyl sites for hydroxylation is 1. The largest absolute Gasteiger partial charge is 0.493 e. The lowest BCUT2D eigenvalue weighted by Gasteiger charge is -2.14. The Morgan fingerprint density at radius 3 is 2.86 bits per heavy atom. The molecule has 3 N–H and O–H groups in total. The second-order valence-electron chi connectivity index (χ2n) is 4.34. The van der Waals surface area contributed by atoms with E-state index in [9.17, 15) is 4.79 Å². The van der Waals surface area contributed by atoms with E-state index in [0.29, 0.717) is 28.5 Å². The van der Waals surface area contributed by atoms with Crippen molar-refractivity contribution in [1.82, 2.24) is 20.2 Å². The van der Waals surface area contributed by atoms with Crippen LogP contribution in [0.2, 0.25) is 0 Å². The Morgan fingerprint density at radius 2 is 2.27 bits per heavy atom. The quantitative estimate of drug-likeness (QED) is 0.726. The van der Waals surface area contributed by atoms with E-state index in [-0.39, 0.29) is 6.61 Å². The summed E-state index contributed by atoms with van der Waals surface area (Å²) in [7, 11) is 3.25. The maximum atomic E-state index is 10.8. The third-order valence-corrected chi connectivity index (χ3v) is 3.31. The topological polar surface area (TPSA) is 117 Å². The number of nitrogens with one attached hydrogen (secondary N) is 1. The van der Waals surface area contributed by atoms with Gasteiger partial charge < -0.3 is 20.5 Å². The van der Waals surface area contributed by atoms with E-state index in [4.69, 9.17) is 15.2 Å². The minimum absolute atomic E-state index is 0.225. The molecule has 118 valence electrons. The molecule has 1 amide bonds. The number of amides is 1. The summed E-state index contributed by atoms with van der Waals surface area (Å²) in [6, 6.07) is 3.63. The van der Waals surface area contributed by atoms with Crippen molar-refractivity contribution in [2.75, 3.05) is 19.0 Å². The molecule has 0 saturated heterocycles. The van der Waals surface area contributed by atoms with Crippen molar-refractivity contribution in [2.45, 2.75) is 6.54 Å². The SMILES string of the molecule is COc1cc(CNc2nnnn2C)cc(Br)c1OCC(N)=O. The average Bonchev–Trinajstić information content (AvgIpc) is 2.88. The Hall–Kier alpha value is -2.36. The van der Waals surface area contributed by atoms with Crippen molar-refractivity contribution in [3.8, 4) is 11.5 Å². The van der Waals surface area contributed by atoms with Crippen molar-refractivity contribution in [3.63, 3.8) is 0 Å². The highest BCUT2D eigenvalue weighted by atomic mass is 79.9. The molecule has 2 rings (SSSR count). The third kappa shape index (κ3) is 3.85. The molecule has 0 fully saturated rings. The molecule has 10 heteroatoms. The van der Waals surface area contributed by atoms with Crippen LogP contribution in [0.1, 0.15) is 5.56 Å². The van der Waals surface area contributed by atoms with Gasteiger partial charge in [0.1, 0.15) is 0 Å². The summed E-state index contributed by atoms with van der Waals surface area (Å²) in [6.45, 7) is 0.260. The highest BCUT2D eigenvalue weighted by molar-refractivity contribution is 9.10. The lowest BCUT2D eigenvalue weighted by Crippen LogP contribution is -2.20. The number of methoxy groups -OCH3 is 1. The smallest absolute Gasteiger partial charge is 0.255 e. The molecule has 0 saturated carbocycles. The molecular formula is C12H15BrN6O3. The number of rotatable bonds is 7. The van der Waals surface area contributed by atoms with Gasteiger partial charge in [0.05, 0.1) is 11.6 Å². The molecule has 0 aliphatic rings. The van der Waals surface area contributed by atoms with Gasteiger partial charge in [-0.3, -0.25) is 4.79 Å². The first-order chi connectivity index (χ1) is 10.5. The summed E-state index contributed by atoms with van der Waals surface area (Å²) in [5.41, 5.74) is 5.99. The number of carbonyl (C=O) groups excluding carboxylic acids is 1. The second kappa shape index (κ2) is 7.07. The minimum atomic E-state index is -0.561. The molecule has 0 aliphatic heterocycles. The summed E-state index contributed by atoms with van der Waals surface area (Å²) in [6.07, 6.45) is 0. The van der Waals surface area contributed by atoms with E-state index < -0.39 is 5.91 Å². The number of halogens is 1. The van der Waals surface area contributed by atoms with Crippen LogP contribution in [0, 0.1) is 0 Å². The van der Waals surface area contributed by atoms with Crippen LogP contribution in [0.15, 0.2) is 16.6 Å². The molecule has 1 aromatic heterocycles. The van der Waals surface area contributed by atoms with E-state index in [1.807, 2.05) is 6.07 Å². The monoisotopic (exact) mass is 370 g/mol. The molecule has 1 heterocycles. The number of anilines is 1. The van der Waals surface area contributed by atoms with Gasteiger partial charge in [0.25, 0.3) is 5.91 Å². The fourth-order valence-corrected chi connectivity index (χ4v) is 2.32. The van der Waals surface area contributed by atoms with Gasteiger partial charge in [-0.2, -0.15) is 0 Å². The Bertz CT molecular complexity index is 675. The summed E-state index contributed by atoms with van der Waals surface area (Å²) in [5.74, 6) is 0.896. The number of tetrazole rings is 1. The molecule has 1 aromatic carbocycles. The Labute approximate surface area is 134 Å². The average molecular weight is 371 g/mol. The zero-order chi connectivity index (χ0) is 16.1. The van der Waals surface area contributed by atoms with Gasteiger partial charge in [0.15, 0.2) is 18.1 Å². The lowest BCUT2D eigenvalue weighted by molar-refractivity contribution is -0.119. The van der Waals surface area contributed by atoms with Crippen molar-refractivity contribution in [1.29, 1.82) is 0 Å². The Kier molecular flexibility index (Phi) is 5.15. The number of ether oxygens (including phenoxy) is 2. The van der Waals surface area contributed by atoms with Gasteiger partial charge in [-0.25, -0.2) is 4.68 Å². The highest BCUT2D eigenvalue weighted by Crippen LogP contribution is 2.36. The normalized spacial score (nSPS) is 10.3. The van der Waals surface area contributed by atoms with Crippen LogP contribution in [0.25, 0.3) is 0 Å². The molecule has 0 bridgehead atoms. The molecule has 0 aliphatic carbocycles. The molecular weight excluding hydrogens is 356 g/mol. The Balaban J connectivity index is 2.14. The van der Waals surface area contributed by atoms with Crippen molar-refractivity contribution in [3.05, 3.63) is 22.2 Å². The number of primary amides is 1. The van der Waals surface area contributed by atoms with Gasteiger partial charge in [-0.05, 0) is 44.1 Å². The molecule has 0 radical (unpaired) electrons. The number of carbonyl (C=O) groups is 1. The van der Waals surface area contributed by atoms with Crippen LogP contribution in [0.5, 0.6) is 11.5 Å². The van der Waals surface area contributed by atoms with Gasteiger partial charge in [0.2, 0.25) is 5.95 Å². The summed E-state index contributed by atoms with van der Waals surface area (Å²) in [4.78, 5) is 10.8. The van der Waals surface area contributed by atoms with E-state index >= 15 is 0 Å². The van der Waals surface area contributed by atoms with E-state index in [2.05, 4.69) is 36.8 Å². The standard InChI is InChI=1S/C12H15BrN6O3/c1-19-12(16-17-18-19)15-5-7-3-8(13)11(9(4-7)21-2)22-6-10(14)20/h3-4H,5-6H2,1-2H3,(H2,14,20)(H,15,16,18). The highest BCUT2D eigenvalue weighted by Gasteiger charge is 2.13. The van der Waals surface area contributed by atoms with E-state index in [1.165, 1.54) is 11.8 Å². The first-order valence-corrected chi connectivity index (χ1v) is 7.04. The fourth-order valence-electron chi connectivity index (χ4n) is 1.72. The Morgan fingerprint density at radius 1 is 1.50 bits per heavy atom. The van der Waals surface area contributed by atoms with Crippen molar-refractivity contribution < 1.29 is 14.3 Å². The summed E-state index contributed by atoms with van der Waals surface area (Å²) in [5, 5.41) is 14.2. The summed E-state index contributed by atoms with van der Waals surface area (Å²) >= 11 is 3.39. The van der Waals surface area contributed by atoms with Gasteiger partial charge >= 0.3 is 0 Å². The van der Waals surface area contributed by atoms with Crippen LogP contribution in [-0.4, -0.2) is 39.8 Å². The molecule has 2 aromatic rings. The number of benzene rings is 1. The number of nitrogens with two attached hydrogens (primary N) is 1. The predicted molar refractivity (Wildman–Crippen MR) is 81.5 cm³/mol. The van der Waals surface area contributed by atoms with Crippen molar-refractivity contribution in [2.24, 2.45) is 12.8 Å². The van der Waals surface area contributed by atoms with Crippen LogP contribution in [0.3, 0.4) is 0 Å². The third-order valence-electron chi connectivity index (χ3n) is 2.72. The first kappa shape index (κ1) is 16.0. The van der Waals surface area contributed by atoms with Gasteiger partial charge in [0, 0.05) is 13.6 Å². The van der Waals surface area contributed by atoms with E-state index in [1.54, 1.807) is 13.1 Å². The second-order valence-corrected chi connectivity index (χ2v) is 5.20. The molecule has 22 heavy (non-hydrogen) atoms.